The van der Waals surface area contributed by atoms with Gasteiger partial charge in [0.15, 0.2) is 0 Å². The Hall–Kier alpha value is -2.77. The van der Waals surface area contributed by atoms with Crippen LogP contribution in [0.4, 0.5) is 13.2 Å². The molecule has 1 N–H and O–H groups in total. The van der Waals surface area contributed by atoms with Crippen LogP contribution in [0.25, 0.3) is 0 Å². The lowest BCUT2D eigenvalue weighted by molar-refractivity contribution is -0.274. The number of pyridine rings is 1. The van der Waals surface area contributed by atoms with Crippen LogP contribution in [-0.4, -0.2) is 24.4 Å². The molecule has 0 aliphatic rings. The van der Waals surface area contributed by atoms with Crippen LogP contribution in [0.1, 0.15) is 28.9 Å². The number of alkyl halides is 3. The van der Waals surface area contributed by atoms with Crippen LogP contribution in [0.3, 0.4) is 0 Å². The predicted octanol–water partition coefficient (Wildman–Crippen LogP) is 3.48. The van der Waals surface area contributed by atoms with E-state index < -0.39 is 18.3 Å². The number of nitrogens with zero attached hydrogens (tertiary/aromatic N) is 1. The lowest BCUT2D eigenvalue weighted by Crippen LogP contribution is -2.27. The second-order valence-corrected chi connectivity index (χ2v) is 4.88. The maximum atomic E-state index is 12.3. The maximum absolute atomic E-state index is 12.3. The van der Waals surface area contributed by atoms with Gasteiger partial charge in [-0.3, -0.25) is 4.79 Å². The Labute approximate surface area is 136 Å². The summed E-state index contributed by atoms with van der Waals surface area (Å²) in [4.78, 5) is 16.2. The van der Waals surface area contributed by atoms with Crippen molar-refractivity contribution in [1.82, 2.24) is 10.3 Å². The zero-order valence-electron chi connectivity index (χ0n) is 12.9. The van der Waals surface area contributed by atoms with Crippen molar-refractivity contribution >= 4 is 5.91 Å². The monoisotopic (exact) mass is 340 g/mol. The second-order valence-electron chi connectivity index (χ2n) is 4.88. The van der Waals surface area contributed by atoms with Crippen molar-refractivity contribution in [1.29, 1.82) is 0 Å². The Morgan fingerprint density at radius 2 is 2.00 bits per heavy atom. The number of ether oxygens (including phenoxy) is 2. The van der Waals surface area contributed by atoms with Gasteiger partial charge >= 0.3 is 6.36 Å². The number of carbonyl (C=O) groups excluding carboxylic acids is 1. The fraction of sp³-hybridized carbons (Fsp3) is 0.250. The number of nitrogens with one attached hydrogen (secondary N) is 1. The molecule has 128 valence electrons. The number of aromatic nitrogens is 1. The summed E-state index contributed by atoms with van der Waals surface area (Å²) < 4.78 is 45.7. The average molecular weight is 340 g/mol. The molecule has 2 aromatic rings. The molecule has 0 aliphatic heterocycles. The highest BCUT2D eigenvalue weighted by Gasteiger charge is 2.31. The summed E-state index contributed by atoms with van der Waals surface area (Å²) in [5, 5.41) is 2.68. The molecule has 0 radical (unpaired) electrons. The Morgan fingerprint density at radius 3 is 2.67 bits per heavy atom. The first kappa shape index (κ1) is 17.6. The van der Waals surface area contributed by atoms with E-state index in [2.05, 4.69) is 15.0 Å². The molecule has 5 nitrogen and oxygen atoms in total. The molecule has 1 amide bonds. The third kappa shape index (κ3) is 4.61. The number of benzene rings is 1. The normalized spacial score (nSPS) is 12.4. The summed E-state index contributed by atoms with van der Waals surface area (Å²) in [5.74, 6) is -0.633. The van der Waals surface area contributed by atoms with Gasteiger partial charge in [0.1, 0.15) is 11.3 Å². The topological polar surface area (TPSA) is 60.5 Å². The fourth-order valence-corrected chi connectivity index (χ4v) is 2.07. The quantitative estimate of drug-likeness (QED) is 0.905. The fourth-order valence-electron chi connectivity index (χ4n) is 2.07. The number of hydrogen-bond donors (Lipinski definition) is 1. The van der Waals surface area contributed by atoms with Gasteiger partial charge in [0.05, 0.1) is 13.2 Å². The minimum absolute atomic E-state index is 0.163. The minimum Gasteiger partial charge on any atom is -0.480 e. The van der Waals surface area contributed by atoms with E-state index in [0.29, 0.717) is 5.56 Å². The highest BCUT2D eigenvalue weighted by molar-refractivity contribution is 5.96. The molecule has 1 aromatic carbocycles. The van der Waals surface area contributed by atoms with Crippen molar-refractivity contribution in [3.63, 3.8) is 0 Å². The van der Waals surface area contributed by atoms with Crippen LogP contribution in [0.2, 0.25) is 0 Å². The standard InChI is InChI=1S/C16H15F3N2O3/c1-10(11-5-3-6-12(9-11)24-16(17,18)19)21-14(22)13-7-4-8-20-15(13)23-2/h3-10H,1-2H3,(H,21,22). The Kier molecular flexibility index (Phi) is 5.28. The van der Waals surface area contributed by atoms with E-state index >= 15 is 0 Å². The molecule has 1 unspecified atom stereocenters. The van der Waals surface area contributed by atoms with Gasteiger partial charge in [0, 0.05) is 6.20 Å². The van der Waals surface area contributed by atoms with Gasteiger partial charge in [-0.1, -0.05) is 12.1 Å². The van der Waals surface area contributed by atoms with E-state index in [4.69, 9.17) is 4.74 Å². The van der Waals surface area contributed by atoms with Crippen LogP contribution in [0.15, 0.2) is 42.6 Å². The van der Waals surface area contributed by atoms with Crippen LogP contribution in [0.5, 0.6) is 11.6 Å². The summed E-state index contributed by atoms with van der Waals surface area (Å²) in [5.41, 5.74) is 0.697. The number of halogens is 3. The van der Waals surface area contributed by atoms with Gasteiger partial charge in [-0.05, 0) is 36.8 Å². The molecule has 8 heteroatoms. The molecule has 0 bridgehead atoms. The third-order valence-electron chi connectivity index (χ3n) is 3.15. The second kappa shape index (κ2) is 7.20. The molecular weight excluding hydrogens is 325 g/mol. The number of carbonyl (C=O) groups is 1. The number of hydrogen-bond acceptors (Lipinski definition) is 4. The largest absolute Gasteiger partial charge is 0.573 e. The van der Waals surface area contributed by atoms with Crippen molar-refractivity contribution in [2.75, 3.05) is 7.11 Å². The minimum atomic E-state index is -4.77. The molecule has 0 saturated carbocycles. The van der Waals surface area contributed by atoms with Crippen molar-refractivity contribution in [3.05, 3.63) is 53.7 Å². The van der Waals surface area contributed by atoms with Gasteiger partial charge < -0.3 is 14.8 Å². The Bertz CT molecular complexity index is 720. The number of amides is 1. The van der Waals surface area contributed by atoms with Crippen LogP contribution in [0, 0.1) is 0 Å². The third-order valence-corrected chi connectivity index (χ3v) is 3.15. The highest BCUT2D eigenvalue weighted by Crippen LogP contribution is 2.26. The molecule has 0 saturated heterocycles. The smallest absolute Gasteiger partial charge is 0.480 e. The molecule has 0 fully saturated rings. The average Bonchev–Trinajstić information content (AvgIpc) is 2.53. The zero-order chi connectivity index (χ0) is 17.7. The molecule has 2 rings (SSSR count). The molecule has 0 spiro atoms. The van der Waals surface area contributed by atoms with Crippen LogP contribution in [-0.2, 0) is 0 Å². The van der Waals surface area contributed by atoms with E-state index in [-0.39, 0.29) is 17.2 Å². The van der Waals surface area contributed by atoms with Crippen molar-refractivity contribution in [3.8, 4) is 11.6 Å². The van der Waals surface area contributed by atoms with E-state index in [9.17, 15) is 18.0 Å². The predicted molar refractivity (Wildman–Crippen MR) is 79.8 cm³/mol. The van der Waals surface area contributed by atoms with Gasteiger partial charge in [-0.25, -0.2) is 4.98 Å². The highest BCUT2D eigenvalue weighted by atomic mass is 19.4. The summed E-state index contributed by atoms with van der Waals surface area (Å²) in [6, 6.07) is 8.00. The summed E-state index contributed by atoms with van der Waals surface area (Å²) in [7, 11) is 1.39. The van der Waals surface area contributed by atoms with Gasteiger partial charge in [-0.2, -0.15) is 0 Å². The van der Waals surface area contributed by atoms with Gasteiger partial charge in [0.2, 0.25) is 5.88 Å². The molecule has 0 aliphatic carbocycles. The van der Waals surface area contributed by atoms with Gasteiger partial charge in [-0.15, -0.1) is 13.2 Å². The molecular formula is C16H15F3N2O3. The van der Waals surface area contributed by atoms with E-state index in [1.54, 1.807) is 19.1 Å². The first-order valence-electron chi connectivity index (χ1n) is 6.95. The first-order chi connectivity index (χ1) is 11.3. The van der Waals surface area contributed by atoms with E-state index in [1.807, 2.05) is 0 Å². The first-order valence-corrected chi connectivity index (χ1v) is 6.95. The Balaban J connectivity index is 2.13. The maximum Gasteiger partial charge on any atom is 0.573 e. The summed E-state index contributed by atoms with van der Waals surface area (Å²) in [6.07, 6.45) is -3.29. The molecule has 1 aromatic heterocycles. The van der Waals surface area contributed by atoms with E-state index in [0.717, 1.165) is 0 Å². The Morgan fingerprint density at radius 1 is 1.25 bits per heavy atom. The van der Waals surface area contributed by atoms with Crippen LogP contribution >= 0.6 is 0 Å². The SMILES string of the molecule is COc1ncccc1C(=O)NC(C)c1cccc(OC(F)(F)F)c1. The number of methoxy groups -OCH3 is 1. The zero-order valence-corrected chi connectivity index (χ0v) is 12.9. The van der Waals surface area contributed by atoms with Crippen LogP contribution < -0.4 is 14.8 Å². The number of rotatable bonds is 5. The summed E-state index contributed by atoms with van der Waals surface area (Å²) >= 11 is 0. The summed E-state index contributed by atoms with van der Waals surface area (Å²) in [6.45, 7) is 1.65. The van der Waals surface area contributed by atoms with Gasteiger partial charge in [0.25, 0.3) is 5.91 Å². The lowest BCUT2D eigenvalue weighted by Gasteiger charge is -2.16. The lowest BCUT2D eigenvalue weighted by atomic mass is 10.1. The van der Waals surface area contributed by atoms with Crippen molar-refractivity contribution < 1.29 is 27.4 Å². The van der Waals surface area contributed by atoms with Crippen molar-refractivity contribution in [2.45, 2.75) is 19.3 Å². The van der Waals surface area contributed by atoms with E-state index in [1.165, 1.54) is 37.6 Å². The van der Waals surface area contributed by atoms with Crippen molar-refractivity contribution in [2.24, 2.45) is 0 Å². The molecule has 24 heavy (non-hydrogen) atoms. The molecule has 1 atom stereocenters. The molecule has 1 heterocycles.